The van der Waals surface area contributed by atoms with Crippen molar-refractivity contribution in [2.24, 2.45) is 5.41 Å². The van der Waals surface area contributed by atoms with Gasteiger partial charge in [0, 0.05) is 0 Å². The third-order valence-electron chi connectivity index (χ3n) is 3.99. The first-order valence-corrected chi connectivity index (χ1v) is 6.25. The maximum Gasteiger partial charge on any atom is 0.138 e. The molecule has 1 aliphatic rings. The Morgan fingerprint density at radius 1 is 1.19 bits per heavy atom. The van der Waals surface area contributed by atoms with Crippen LogP contribution < -0.4 is 0 Å². The molecular weight excluding hydrogens is 191 g/mol. The minimum Gasteiger partial charge on any atom is -0.0841 e. The van der Waals surface area contributed by atoms with Crippen molar-refractivity contribution in [2.75, 3.05) is 0 Å². The molecule has 2 rings (SSSR count). The standard InChI is InChI=1S/C15H21B/c1-11(15(2,3)4)16-14-10-9-12-7-5-6-8-13(12)14/h5-11,14,16H,1-4H3. The van der Waals surface area contributed by atoms with Crippen molar-refractivity contribution in [1.82, 2.24) is 0 Å². The largest absolute Gasteiger partial charge is 0.138 e. The number of rotatable bonds is 2. The van der Waals surface area contributed by atoms with Crippen LogP contribution in [0.15, 0.2) is 30.3 Å². The van der Waals surface area contributed by atoms with Crippen LogP contribution in [0.2, 0.25) is 5.82 Å². The van der Waals surface area contributed by atoms with Gasteiger partial charge >= 0.3 is 0 Å². The van der Waals surface area contributed by atoms with Crippen molar-refractivity contribution in [1.29, 1.82) is 0 Å². The highest BCUT2D eigenvalue weighted by atomic mass is 14.2. The predicted octanol–water partition coefficient (Wildman–Crippen LogP) is 4.05. The van der Waals surface area contributed by atoms with Gasteiger partial charge in [-0.3, -0.25) is 0 Å². The van der Waals surface area contributed by atoms with Crippen molar-refractivity contribution in [3.8, 4) is 0 Å². The molecule has 0 bridgehead atoms. The van der Waals surface area contributed by atoms with Crippen molar-refractivity contribution >= 4 is 13.4 Å². The molecule has 0 radical (unpaired) electrons. The first-order valence-electron chi connectivity index (χ1n) is 6.25. The lowest BCUT2D eigenvalue weighted by Crippen LogP contribution is -2.21. The van der Waals surface area contributed by atoms with Gasteiger partial charge in [-0.1, -0.05) is 69.9 Å². The van der Waals surface area contributed by atoms with Crippen LogP contribution in [0.25, 0.3) is 6.08 Å². The highest BCUT2D eigenvalue weighted by Crippen LogP contribution is 2.37. The van der Waals surface area contributed by atoms with E-state index in [0.29, 0.717) is 11.2 Å². The van der Waals surface area contributed by atoms with Gasteiger partial charge in [0.05, 0.1) is 0 Å². The molecule has 2 atom stereocenters. The van der Waals surface area contributed by atoms with Crippen molar-refractivity contribution in [3.05, 3.63) is 41.5 Å². The second kappa shape index (κ2) is 4.12. The van der Waals surface area contributed by atoms with Crippen molar-refractivity contribution < 1.29 is 0 Å². The molecule has 0 nitrogen and oxygen atoms in total. The van der Waals surface area contributed by atoms with Gasteiger partial charge in [0.25, 0.3) is 0 Å². The number of fused-ring (bicyclic) bond motifs is 1. The average Bonchev–Trinajstić information content (AvgIpc) is 2.61. The first-order chi connectivity index (χ1) is 7.48. The summed E-state index contributed by atoms with van der Waals surface area (Å²) in [6.45, 7) is 9.38. The molecule has 1 heteroatoms. The maximum absolute atomic E-state index is 2.37. The van der Waals surface area contributed by atoms with E-state index < -0.39 is 0 Å². The highest BCUT2D eigenvalue weighted by Gasteiger charge is 2.26. The monoisotopic (exact) mass is 212 g/mol. The second-order valence-electron chi connectivity index (χ2n) is 6.10. The van der Waals surface area contributed by atoms with E-state index in [9.17, 15) is 0 Å². The van der Waals surface area contributed by atoms with E-state index in [0.717, 1.165) is 5.82 Å². The second-order valence-corrected chi connectivity index (χ2v) is 6.10. The Kier molecular flexibility index (Phi) is 2.97. The van der Waals surface area contributed by atoms with E-state index in [2.05, 4.69) is 64.1 Å². The predicted molar refractivity (Wildman–Crippen MR) is 74.2 cm³/mol. The Morgan fingerprint density at radius 2 is 1.88 bits per heavy atom. The number of benzene rings is 1. The quantitative estimate of drug-likeness (QED) is 0.649. The molecule has 0 fully saturated rings. The summed E-state index contributed by atoms with van der Waals surface area (Å²) in [6.07, 6.45) is 4.64. The Bertz CT molecular complexity index is 398. The summed E-state index contributed by atoms with van der Waals surface area (Å²) in [7, 11) is 1.26. The van der Waals surface area contributed by atoms with Gasteiger partial charge in [-0.05, 0) is 22.4 Å². The minimum absolute atomic E-state index is 0.408. The van der Waals surface area contributed by atoms with Crippen LogP contribution in [-0.4, -0.2) is 7.28 Å². The molecule has 0 heterocycles. The lowest BCUT2D eigenvalue weighted by atomic mass is 9.48. The molecule has 2 unspecified atom stereocenters. The molecule has 0 spiro atoms. The van der Waals surface area contributed by atoms with Gasteiger partial charge in [0.1, 0.15) is 7.28 Å². The Balaban J connectivity index is 2.12. The Hall–Kier alpha value is -0.975. The van der Waals surface area contributed by atoms with Crippen molar-refractivity contribution in [2.45, 2.75) is 39.3 Å². The molecule has 1 aliphatic carbocycles. The normalized spacial score (nSPS) is 20.6. The van der Waals surface area contributed by atoms with E-state index >= 15 is 0 Å². The molecule has 0 amide bonds. The fraction of sp³-hybridized carbons (Fsp3) is 0.467. The van der Waals surface area contributed by atoms with Crippen LogP contribution in [-0.2, 0) is 0 Å². The molecule has 0 N–H and O–H groups in total. The van der Waals surface area contributed by atoms with E-state index in [1.54, 1.807) is 0 Å². The molecule has 0 saturated heterocycles. The minimum atomic E-state index is 0.408. The summed E-state index contributed by atoms with van der Waals surface area (Å²) in [5.74, 6) is 1.37. The molecule has 0 aromatic heterocycles. The lowest BCUT2D eigenvalue weighted by Gasteiger charge is -2.28. The van der Waals surface area contributed by atoms with Gasteiger partial charge in [0.15, 0.2) is 0 Å². The average molecular weight is 212 g/mol. The van der Waals surface area contributed by atoms with Crippen LogP contribution in [0, 0.1) is 5.41 Å². The van der Waals surface area contributed by atoms with E-state index in [-0.39, 0.29) is 0 Å². The van der Waals surface area contributed by atoms with E-state index in [4.69, 9.17) is 0 Å². The summed E-state index contributed by atoms with van der Waals surface area (Å²) in [5.41, 5.74) is 3.33. The molecule has 0 saturated carbocycles. The zero-order chi connectivity index (χ0) is 11.8. The first kappa shape index (κ1) is 11.5. The van der Waals surface area contributed by atoms with Crippen LogP contribution >= 0.6 is 0 Å². The maximum atomic E-state index is 2.37. The summed E-state index contributed by atoms with van der Waals surface area (Å²) in [5, 5.41) is 0. The summed E-state index contributed by atoms with van der Waals surface area (Å²) < 4.78 is 0. The number of hydrogen-bond donors (Lipinski definition) is 0. The van der Waals surface area contributed by atoms with Gasteiger partial charge in [-0.2, -0.15) is 0 Å². The van der Waals surface area contributed by atoms with E-state index in [1.165, 1.54) is 18.4 Å². The van der Waals surface area contributed by atoms with Crippen LogP contribution in [0.3, 0.4) is 0 Å². The summed E-state index contributed by atoms with van der Waals surface area (Å²) in [4.78, 5) is 0. The van der Waals surface area contributed by atoms with Gasteiger partial charge in [0.2, 0.25) is 0 Å². The molecule has 16 heavy (non-hydrogen) atoms. The van der Waals surface area contributed by atoms with Gasteiger partial charge < -0.3 is 0 Å². The third-order valence-corrected chi connectivity index (χ3v) is 3.99. The SMILES string of the molecule is CC(BC1C=Cc2ccccc21)C(C)(C)C. The molecule has 0 aliphatic heterocycles. The van der Waals surface area contributed by atoms with E-state index in [1.807, 2.05) is 0 Å². The van der Waals surface area contributed by atoms with Crippen LogP contribution in [0.1, 0.15) is 44.6 Å². The zero-order valence-electron chi connectivity index (χ0n) is 10.8. The fourth-order valence-electron chi connectivity index (χ4n) is 2.26. The number of hydrogen-bond acceptors (Lipinski definition) is 0. The summed E-state index contributed by atoms with van der Waals surface area (Å²) >= 11 is 0. The fourth-order valence-corrected chi connectivity index (χ4v) is 2.26. The van der Waals surface area contributed by atoms with Crippen LogP contribution in [0.5, 0.6) is 0 Å². The van der Waals surface area contributed by atoms with Crippen LogP contribution in [0.4, 0.5) is 0 Å². The number of allylic oxidation sites excluding steroid dienone is 1. The summed E-state index contributed by atoms with van der Waals surface area (Å²) in [6, 6.07) is 8.77. The Labute approximate surface area is 100 Å². The lowest BCUT2D eigenvalue weighted by molar-refractivity contribution is 0.393. The molecule has 1 aromatic carbocycles. The van der Waals surface area contributed by atoms with Crippen molar-refractivity contribution in [3.63, 3.8) is 0 Å². The topological polar surface area (TPSA) is 0 Å². The Morgan fingerprint density at radius 3 is 2.56 bits per heavy atom. The van der Waals surface area contributed by atoms with Gasteiger partial charge in [-0.25, -0.2) is 0 Å². The van der Waals surface area contributed by atoms with Gasteiger partial charge in [-0.15, -0.1) is 0 Å². The molecule has 1 aromatic rings. The smallest absolute Gasteiger partial charge is 0.0841 e. The zero-order valence-corrected chi connectivity index (χ0v) is 10.8. The third kappa shape index (κ3) is 2.24. The highest BCUT2D eigenvalue weighted by molar-refractivity contribution is 6.41. The molecule has 84 valence electrons. The molecular formula is C15H21B.